The standard InChI is InChI=1S/C25H18Cl2N2O3S2/c1-15-7-9-18(13-19(15)26)29-24(31)22(34-25(29)33)12-16-8-10-21(20(27)11-16)32-14-23(30)28-17-5-3-2-4-6-17/h2-13H,14H2,1H3,(H,28,30)/b22-12-. The van der Waals surface area contributed by atoms with E-state index >= 15 is 0 Å². The molecule has 172 valence electrons. The molecule has 1 N–H and O–H groups in total. The Hall–Kier alpha value is -2.84. The molecule has 3 aromatic rings. The highest BCUT2D eigenvalue weighted by Crippen LogP contribution is 2.38. The van der Waals surface area contributed by atoms with E-state index in [1.807, 2.05) is 37.3 Å². The molecule has 3 aromatic carbocycles. The topological polar surface area (TPSA) is 58.6 Å². The molecule has 0 bridgehead atoms. The van der Waals surface area contributed by atoms with Crippen LogP contribution >= 0.6 is 47.2 Å². The highest BCUT2D eigenvalue weighted by atomic mass is 35.5. The molecule has 0 radical (unpaired) electrons. The largest absolute Gasteiger partial charge is 0.482 e. The van der Waals surface area contributed by atoms with Crippen LogP contribution in [0.5, 0.6) is 5.75 Å². The number of thioether (sulfide) groups is 1. The van der Waals surface area contributed by atoms with Gasteiger partial charge in [-0.25, -0.2) is 0 Å². The SMILES string of the molecule is Cc1ccc(N2C(=O)/C(=C/c3ccc(OCC(=O)Nc4ccccc4)c(Cl)c3)SC2=S)cc1Cl. The quantitative estimate of drug-likeness (QED) is 0.284. The van der Waals surface area contributed by atoms with Crippen LogP contribution in [0.4, 0.5) is 11.4 Å². The highest BCUT2D eigenvalue weighted by molar-refractivity contribution is 8.27. The third-order valence-corrected chi connectivity index (χ3v) is 6.88. The first kappa shape index (κ1) is 24.3. The van der Waals surface area contributed by atoms with E-state index in [9.17, 15) is 9.59 Å². The normalized spacial score (nSPS) is 14.6. The summed E-state index contributed by atoms with van der Waals surface area (Å²) in [4.78, 5) is 27.0. The number of carbonyl (C=O) groups is 2. The van der Waals surface area contributed by atoms with Crippen molar-refractivity contribution in [3.05, 3.63) is 92.8 Å². The summed E-state index contributed by atoms with van der Waals surface area (Å²) < 4.78 is 5.97. The second kappa shape index (κ2) is 10.6. The molecule has 1 fully saturated rings. The minimum absolute atomic E-state index is 0.189. The molecule has 1 aliphatic rings. The Bertz CT molecular complexity index is 1310. The first-order chi connectivity index (χ1) is 16.3. The van der Waals surface area contributed by atoms with Crippen molar-refractivity contribution >= 4 is 80.8 Å². The number of nitrogens with zero attached hydrogens (tertiary/aromatic N) is 1. The molecule has 0 unspecified atom stereocenters. The van der Waals surface area contributed by atoms with Crippen molar-refractivity contribution in [2.45, 2.75) is 6.92 Å². The number of carbonyl (C=O) groups excluding carboxylic acids is 2. The maximum absolute atomic E-state index is 13.0. The Morgan fingerprint density at radius 2 is 1.85 bits per heavy atom. The molecule has 5 nitrogen and oxygen atoms in total. The fourth-order valence-electron chi connectivity index (χ4n) is 3.15. The summed E-state index contributed by atoms with van der Waals surface area (Å²) in [6, 6.07) is 19.6. The lowest BCUT2D eigenvalue weighted by atomic mass is 10.2. The monoisotopic (exact) mass is 528 g/mol. The van der Waals surface area contributed by atoms with E-state index in [1.165, 1.54) is 16.7 Å². The van der Waals surface area contributed by atoms with Crippen LogP contribution < -0.4 is 15.0 Å². The predicted molar refractivity (Wildman–Crippen MR) is 144 cm³/mol. The molecule has 0 spiro atoms. The van der Waals surface area contributed by atoms with Crippen LogP contribution in [0, 0.1) is 6.92 Å². The van der Waals surface area contributed by atoms with Crippen molar-refractivity contribution in [1.82, 2.24) is 0 Å². The van der Waals surface area contributed by atoms with Crippen LogP contribution in [0.15, 0.2) is 71.6 Å². The number of anilines is 2. The van der Waals surface area contributed by atoms with Gasteiger partial charge in [-0.1, -0.05) is 77.5 Å². The van der Waals surface area contributed by atoms with E-state index in [4.69, 9.17) is 40.2 Å². The zero-order valence-electron chi connectivity index (χ0n) is 17.9. The number of halogens is 2. The van der Waals surface area contributed by atoms with Gasteiger partial charge in [0.15, 0.2) is 10.9 Å². The lowest BCUT2D eigenvalue weighted by Gasteiger charge is -2.15. The number of benzene rings is 3. The van der Waals surface area contributed by atoms with Gasteiger partial charge in [-0.2, -0.15) is 0 Å². The number of ether oxygens (including phenoxy) is 1. The van der Waals surface area contributed by atoms with Crippen molar-refractivity contribution in [1.29, 1.82) is 0 Å². The third kappa shape index (κ3) is 5.62. The Labute approximate surface area is 216 Å². The van der Waals surface area contributed by atoms with Gasteiger partial charge in [-0.15, -0.1) is 0 Å². The van der Waals surface area contributed by atoms with Crippen LogP contribution in [0.1, 0.15) is 11.1 Å². The first-order valence-corrected chi connectivity index (χ1v) is 12.1. The van der Waals surface area contributed by atoms with Gasteiger partial charge in [0.2, 0.25) is 0 Å². The summed E-state index contributed by atoms with van der Waals surface area (Å²) in [6.07, 6.45) is 1.72. The van der Waals surface area contributed by atoms with Crippen LogP contribution in [0.25, 0.3) is 6.08 Å². The molecule has 34 heavy (non-hydrogen) atoms. The molecular weight excluding hydrogens is 511 g/mol. The van der Waals surface area contributed by atoms with E-state index in [0.717, 1.165) is 5.56 Å². The number of hydrogen-bond donors (Lipinski definition) is 1. The molecule has 2 amide bonds. The zero-order chi connectivity index (χ0) is 24.2. The Balaban J connectivity index is 1.43. The molecular formula is C25H18Cl2N2O3S2. The van der Waals surface area contributed by atoms with Crippen LogP contribution in [-0.4, -0.2) is 22.7 Å². The van der Waals surface area contributed by atoms with E-state index in [0.29, 0.717) is 42.0 Å². The average Bonchev–Trinajstić information content (AvgIpc) is 3.08. The average molecular weight is 529 g/mol. The number of hydrogen-bond acceptors (Lipinski definition) is 5. The Morgan fingerprint density at radius 1 is 1.09 bits per heavy atom. The van der Waals surface area contributed by atoms with Crippen molar-refractivity contribution in [3.63, 3.8) is 0 Å². The number of para-hydroxylation sites is 1. The Morgan fingerprint density at radius 3 is 2.56 bits per heavy atom. The van der Waals surface area contributed by atoms with Crippen molar-refractivity contribution in [2.24, 2.45) is 0 Å². The molecule has 0 saturated carbocycles. The van der Waals surface area contributed by atoms with Gasteiger partial charge in [0.1, 0.15) is 5.75 Å². The molecule has 1 heterocycles. The van der Waals surface area contributed by atoms with Crippen LogP contribution in [0.2, 0.25) is 10.0 Å². The fraction of sp³-hybridized carbons (Fsp3) is 0.0800. The van der Waals surface area contributed by atoms with Crippen LogP contribution in [-0.2, 0) is 9.59 Å². The van der Waals surface area contributed by atoms with Gasteiger partial charge >= 0.3 is 0 Å². The smallest absolute Gasteiger partial charge is 0.270 e. The van der Waals surface area contributed by atoms with Crippen molar-refractivity contribution < 1.29 is 14.3 Å². The number of amides is 2. The molecule has 0 atom stereocenters. The summed E-state index contributed by atoms with van der Waals surface area (Å²) in [5, 5.41) is 3.63. The zero-order valence-corrected chi connectivity index (χ0v) is 21.0. The summed E-state index contributed by atoms with van der Waals surface area (Å²) in [7, 11) is 0. The van der Waals surface area contributed by atoms with Crippen LogP contribution in [0.3, 0.4) is 0 Å². The minimum atomic E-state index is -0.300. The number of aryl methyl sites for hydroxylation is 1. The van der Waals surface area contributed by atoms with Gasteiger partial charge in [0.25, 0.3) is 11.8 Å². The van der Waals surface area contributed by atoms with E-state index < -0.39 is 0 Å². The molecule has 0 aromatic heterocycles. The second-order valence-electron chi connectivity index (χ2n) is 7.34. The van der Waals surface area contributed by atoms with Gasteiger partial charge in [-0.3, -0.25) is 14.5 Å². The van der Waals surface area contributed by atoms with E-state index in [-0.39, 0.29) is 18.4 Å². The maximum atomic E-state index is 13.0. The van der Waals surface area contributed by atoms with Crippen molar-refractivity contribution in [3.8, 4) is 5.75 Å². The lowest BCUT2D eigenvalue weighted by Crippen LogP contribution is -2.27. The minimum Gasteiger partial charge on any atom is -0.482 e. The third-order valence-electron chi connectivity index (χ3n) is 4.88. The molecule has 9 heteroatoms. The number of nitrogens with one attached hydrogen (secondary N) is 1. The second-order valence-corrected chi connectivity index (χ2v) is 9.83. The van der Waals surface area contributed by atoms with E-state index in [1.54, 1.807) is 42.5 Å². The first-order valence-electron chi connectivity index (χ1n) is 10.1. The van der Waals surface area contributed by atoms with Crippen molar-refractivity contribution in [2.75, 3.05) is 16.8 Å². The maximum Gasteiger partial charge on any atom is 0.270 e. The summed E-state index contributed by atoms with van der Waals surface area (Å²) in [5.74, 6) is -0.168. The number of rotatable bonds is 6. The fourth-order valence-corrected chi connectivity index (χ4v) is 4.87. The molecule has 4 rings (SSSR count). The van der Waals surface area contributed by atoms with Gasteiger partial charge < -0.3 is 10.1 Å². The van der Waals surface area contributed by atoms with Gasteiger partial charge in [0.05, 0.1) is 15.6 Å². The predicted octanol–water partition coefficient (Wildman–Crippen LogP) is 6.73. The summed E-state index contributed by atoms with van der Waals surface area (Å²) in [5.41, 5.74) is 2.93. The lowest BCUT2D eigenvalue weighted by molar-refractivity contribution is -0.118. The highest BCUT2D eigenvalue weighted by Gasteiger charge is 2.33. The van der Waals surface area contributed by atoms with Gasteiger partial charge in [-0.05, 0) is 60.5 Å². The summed E-state index contributed by atoms with van der Waals surface area (Å²) in [6.45, 7) is 1.70. The van der Waals surface area contributed by atoms with Gasteiger partial charge in [0, 0.05) is 10.7 Å². The Kier molecular flexibility index (Phi) is 7.58. The van der Waals surface area contributed by atoms with E-state index in [2.05, 4.69) is 5.32 Å². The number of thiocarbonyl (C=S) groups is 1. The molecule has 1 aliphatic heterocycles. The molecule has 1 saturated heterocycles. The summed E-state index contributed by atoms with van der Waals surface area (Å²) >= 11 is 19.2. The molecule has 0 aliphatic carbocycles.